The lowest BCUT2D eigenvalue weighted by Crippen LogP contribution is -2.05. The van der Waals surface area contributed by atoms with Crippen molar-refractivity contribution in [1.29, 1.82) is 5.26 Å². The fourth-order valence-electron chi connectivity index (χ4n) is 2.07. The molecule has 0 unspecified atom stereocenters. The predicted octanol–water partition coefficient (Wildman–Crippen LogP) is 3.90. The van der Waals surface area contributed by atoms with E-state index in [9.17, 15) is 13.2 Å². The molecular formula is C16H10F3N5. The summed E-state index contributed by atoms with van der Waals surface area (Å²) in [7, 11) is 0. The summed E-state index contributed by atoms with van der Waals surface area (Å²) in [6, 6.07) is 13.5. The van der Waals surface area contributed by atoms with Crippen LogP contribution in [0.3, 0.4) is 0 Å². The highest BCUT2D eigenvalue weighted by atomic mass is 19.4. The molecule has 1 N–H and O–H groups in total. The standard InChI is InChI=1S/C16H10F3N5/c17-16(18,19)12-4-2-5-13(8-12)22-15-21-10-24(23-15)14-6-1-3-11(7-14)9-20/h1-8,10H,(H,22,23). The van der Waals surface area contributed by atoms with Gasteiger partial charge in [-0.2, -0.15) is 23.4 Å². The molecule has 1 heterocycles. The van der Waals surface area contributed by atoms with Gasteiger partial charge in [-0.1, -0.05) is 12.1 Å². The molecule has 2 aromatic carbocycles. The number of alkyl halides is 3. The SMILES string of the molecule is N#Cc1cccc(-n2cnc(Nc3cccc(C(F)(F)F)c3)n2)c1. The lowest BCUT2D eigenvalue weighted by Gasteiger charge is -2.08. The first-order valence-electron chi connectivity index (χ1n) is 6.82. The van der Waals surface area contributed by atoms with Crippen molar-refractivity contribution in [2.45, 2.75) is 6.18 Å². The van der Waals surface area contributed by atoms with Gasteiger partial charge in [0.05, 0.1) is 22.9 Å². The van der Waals surface area contributed by atoms with E-state index in [4.69, 9.17) is 5.26 Å². The minimum absolute atomic E-state index is 0.150. The molecule has 0 bridgehead atoms. The van der Waals surface area contributed by atoms with Gasteiger partial charge in [-0.3, -0.25) is 0 Å². The maximum atomic E-state index is 12.7. The fourth-order valence-corrected chi connectivity index (χ4v) is 2.07. The Morgan fingerprint density at radius 1 is 1.08 bits per heavy atom. The minimum atomic E-state index is -4.41. The van der Waals surface area contributed by atoms with Crippen LogP contribution in [0.5, 0.6) is 0 Å². The highest BCUT2D eigenvalue weighted by Crippen LogP contribution is 2.31. The van der Waals surface area contributed by atoms with Crippen LogP contribution >= 0.6 is 0 Å². The Morgan fingerprint density at radius 3 is 2.62 bits per heavy atom. The van der Waals surface area contributed by atoms with Crippen molar-refractivity contribution in [2.75, 3.05) is 5.32 Å². The largest absolute Gasteiger partial charge is 0.416 e. The third-order valence-electron chi connectivity index (χ3n) is 3.18. The second-order valence-corrected chi connectivity index (χ2v) is 4.88. The summed E-state index contributed by atoms with van der Waals surface area (Å²) in [5.74, 6) is 0.150. The number of anilines is 2. The normalized spacial score (nSPS) is 11.1. The van der Waals surface area contributed by atoms with Gasteiger partial charge < -0.3 is 5.32 Å². The number of halogens is 3. The zero-order valence-corrected chi connectivity index (χ0v) is 12.1. The maximum absolute atomic E-state index is 12.7. The van der Waals surface area contributed by atoms with Crippen molar-refractivity contribution in [1.82, 2.24) is 14.8 Å². The number of hydrogen-bond acceptors (Lipinski definition) is 4. The Morgan fingerprint density at radius 2 is 1.88 bits per heavy atom. The Bertz CT molecular complexity index is 908. The fraction of sp³-hybridized carbons (Fsp3) is 0.0625. The molecule has 0 radical (unpaired) electrons. The van der Waals surface area contributed by atoms with Crippen molar-refractivity contribution in [2.24, 2.45) is 0 Å². The van der Waals surface area contributed by atoms with Crippen LogP contribution < -0.4 is 5.32 Å². The molecule has 120 valence electrons. The molecule has 0 atom stereocenters. The molecule has 0 aliphatic carbocycles. The number of aromatic nitrogens is 3. The average Bonchev–Trinajstić information content (AvgIpc) is 3.03. The number of nitriles is 1. The summed E-state index contributed by atoms with van der Waals surface area (Å²) in [5.41, 5.74) is 0.566. The highest BCUT2D eigenvalue weighted by molar-refractivity contribution is 5.54. The summed E-state index contributed by atoms with van der Waals surface area (Å²) < 4.78 is 39.6. The van der Waals surface area contributed by atoms with Crippen molar-refractivity contribution < 1.29 is 13.2 Å². The molecule has 1 aromatic heterocycles. The first-order chi connectivity index (χ1) is 11.5. The van der Waals surface area contributed by atoms with E-state index in [2.05, 4.69) is 15.4 Å². The Labute approximate surface area is 135 Å². The Hall–Kier alpha value is -3.34. The van der Waals surface area contributed by atoms with Crippen LogP contribution in [-0.2, 0) is 6.18 Å². The van der Waals surface area contributed by atoms with E-state index in [1.807, 2.05) is 6.07 Å². The van der Waals surface area contributed by atoms with Gasteiger partial charge in [0.2, 0.25) is 5.95 Å². The quantitative estimate of drug-likeness (QED) is 0.791. The van der Waals surface area contributed by atoms with Crippen molar-refractivity contribution >= 4 is 11.6 Å². The van der Waals surface area contributed by atoms with Gasteiger partial charge in [0, 0.05) is 5.69 Å². The van der Waals surface area contributed by atoms with E-state index >= 15 is 0 Å². The third kappa shape index (κ3) is 3.35. The average molecular weight is 329 g/mol. The van der Waals surface area contributed by atoms with Gasteiger partial charge in [-0.05, 0) is 36.4 Å². The maximum Gasteiger partial charge on any atom is 0.416 e. The second-order valence-electron chi connectivity index (χ2n) is 4.88. The number of benzene rings is 2. The van der Waals surface area contributed by atoms with Crippen LogP contribution in [0.25, 0.3) is 5.69 Å². The molecule has 0 aliphatic rings. The molecule has 0 saturated heterocycles. The monoisotopic (exact) mass is 329 g/mol. The van der Waals surface area contributed by atoms with E-state index in [-0.39, 0.29) is 11.6 Å². The number of nitrogens with zero attached hydrogens (tertiary/aromatic N) is 4. The van der Waals surface area contributed by atoms with Crippen LogP contribution in [0, 0.1) is 11.3 Å². The first kappa shape index (κ1) is 15.6. The summed E-state index contributed by atoms with van der Waals surface area (Å²) in [5, 5.41) is 15.8. The molecule has 0 aliphatic heterocycles. The summed E-state index contributed by atoms with van der Waals surface area (Å²) in [6.07, 6.45) is -3.01. The molecule has 0 amide bonds. The van der Waals surface area contributed by atoms with Crippen LogP contribution in [0.4, 0.5) is 24.8 Å². The van der Waals surface area contributed by atoms with E-state index in [0.717, 1.165) is 12.1 Å². The Balaban J connectivity index is 1.83. The van der Waals surface area contributed by atoms with E-state index in [1.54, 1.807) is 24.3 Å². The molecule has 8 heteroatoms. The number of hydrogen-bond donors (Lipinski definition) is 1. The van der Waals surface area contributed by atoms with Crippen molar-refractivity contribution in [3.05, 3.63) is 66.0 Å². The number of rotatable bonds is 3. The molecule has 0 fully saturated rings. The highest BCUT2D eigenvalue weighted by Gasteiger charge is 2.30. The summed E-state index contributed by atoms with van der Waals surface area (Å²) >= 11 is 0. The molecular weight excluding hydrogens is 319 g/mol. The smallest absolute Gasteiger partial charge is 0.323 e. The second kappa shape index (κ2) is 6.04. The lowest BCUT2D eigenvalue weighted by atomic mass is 10.2. The van der Waals surface area contributed by atoms with Gasteiger partial charge in [0.25, 0.3) is 0 Å². The molecule has 3 rings (SSSR count). The van der Waals surface area contributed by atoms with Gasteiger partial charge >= 0.3 is 6.18 Å². The van der Waals surface area contributed by atoms with E-state index in [0.29, 0.717) is 11.3 Å². The summed E-state index contributed by atoms with van der Waals surface area (Å²) in [4.78, 5) is 4.01. The van der Waals surface area contributed by atoms with Crippen molar-refractivity contribution in [3.63, 3.8) is 0 Å². The molecule has 3 aromatic rings. The van der Waals surface area contributed by atoms with E-state index < -0.39 is 11.7 Å². The van der Waals surface area contributed by atoms with Crippen LogP contribution in [0.2, 0.25) is 0 Å². The molecule has 24 heavy (non-hydrogen) atoms. The van der Waals surface area contributed by atoms with Crippen LogP contribution in [0.15, 0.2) is 54.9 Å². The first-order valence-corrected chi connectivity index (χ1v) is 6.82. The summed E-state index contributed by atoms with van der Waals surface area (Å²) in [6.45, 7) is 0. The molecule has 0 spiro atoms. The van der Waals surface area contributed by atoms with Gasteiger partial charge in [0.15, 0.2) is 0 Å². The number of nitrogens with one attached hydrogen (secondary N) is 1. The predicted molar refractivity (Wildman–Crippen MR) is 80.8 cm³/mol. The molecule has 0 saturated carbocycles. The van der Waals surface area contributed by atoms with Crippen LogP contribution in [0.1, 0.15) is 11.1 Å². The zero-order chi connectivity index (χ0) is 17.2. The third-order valence-corrected chi connectivity index (χ3v) is 3.18. The topological polar surface area (TPSA) is 66.5 Å². The van der Waals surface area contributed by atoms with E-state index in [1.165, 1.54) is 23.1 Å². The molecule has 5 nitrogen and oxygen atoms in total. The lowest BCUT2D eigenvalue weighted by molar-refractivity contribution is -0.137. The Kier molecular flexibility index (Phi) is 3.92. The van der Waals surface area contributed by atoms with Gasteiger partial charge in [-0.15, -0.1) is 5.10 Å². The zero-order valence-electron chi connectivity index (χ0n) is 12.1. The minimum Gasteiger partial charge on any atom is -0.323 e. The van der Waals surface area contributed by atoms with Gasteiger partial charge in [0.1, 0.15) is 6.33 Å². The van der Waals surface area contributed by atoms with Crippen molar-refractivity contribution in [3.8, 4) is 11.8 Å². The van der Waals surface area contributed by atoms with Gasteiger partial charge in [-0.25, -0.2) is 4.68 Å². The van der Waals surface area contributed by atoms with Crippen LogP contribution in [-0.4, -0.2) is 14.8 Å².